The Morgan fingerprint density at radius 3 is 2.83 bits per heavy atom. The fraction of sp³-hybridized carbons (Fsp3) is 0.300. The van der Waals surface area contributed by atoms with Crippen molar-refractivity contribution in [2.75, 3.05) is 0 Å². The highest BCUT2D eigenvalue weighted by atomic mass is 19.4. The first-order valence-electron chi connectivity index (χ1n) is 9.38. The number of hydrogen-bond acceptors (Lipinski definition) is 5. The molecule has 154 valence electrons. The summed E-state index contributed by atoms with van der Waals surface area (Å²) in [5.41, 5.74) is 3.44. The van der Waals surface area contributed by atoms with Crippen LogP contribution in [0.4, 0.5) is 13.2 Å². The van der Waals surface area contributed by atoms with Crippen molar-refractivity contribution in [1.29, 1.82) is 0 Å². The van der Waals surface area contributed by atoms with Gasteiger partial charge in [-0.05, 0) is 49.9 Å². The lowest BCUT2D eigenvalue weighted by Gasteiger charge is -2.20. The number of alkyl halides is 3. The van der Waals surface area contributed by atoms with Gasteiger partial charge in [0.1, 0.15) is 17.1 Å². The molecule has 7 nitrogen and oxygen atoms in total. The highest BCUT2D eigenvalue weighted by molar-refractivity contribution is 6.00. The number of nitrogens with one attached hydrogen (secondary N) is 1. The molecule has 1 aliphatic rings. The van der Waals surface area contributed by atoms with Crippen LogP contribution < -0.4 is 5.32 Å². The van der Waals surface area contributed by atoms with Gasteiger partial charge in [0.25, 0.3) is 5.91 Å². The molecule has 1 amide bonds. The van der Waals surface area contributed by atoms with Gasteiger partial charge in [-0.2, -0.15) is 18.3 Å². The van der Waals surface area contributed by atoms with Gasteiger partial charge in [-0.1, -0.05) is 0 Å². The van der Waals surface area contributed by atoms with Crippen LogP contribution >= 0.6 is 0 Å². The minimum absolute atomic E-state index is 0.00244. The lowest BCUT2D eigenvalue weighted by atomic mass is 10.1. The summed E-state index contributed by atoms with van der Waals surface area (Å²) in [5.74, 6) is -1.41. The molecule has 4 aromatic rings. The van der Waals surface area contributed by atoms with Crippen LogP contribution in [0.5, 0.6) is 0 Å². The molecule has 0 spiro atoms. The zero-order chi connectivity index (χ0) is 21.0. The lowest BCUT2D eigenvalue weighted by Crippen LogP contribution is -2.46. The van der Waals surface area contributed by atoms with Crippen molar-refractivity contribution in [1.82, 2.24) is 24.9 Å². The summed E-state index contributed by atoms with van der Waals surface area (Å²) < 4.78 is 46.6. The summed E-state index contributed by atoms with van der Waals surface area (Å²) in [6, 6.07) is 5.27. The van der Waals surface area contributed by atoms with E-state index >= 15 is 0 Å². The van der Waals surface area contributed by atoms with Crippen molar-refractivity contribution in [2.45, 2.75) is 32.0 Å². The summed E-state index contributed by atoms with van der Waals surface area (Å²) in [6.07, 6.45) is -1.01. The van der Waals surface area contributed by atoms with Gasteiger partial charge >= 0.3 is 6.18 Å². The van der Waals surface area contributed by atoms with E-state index in [1.807, 2.05) is 0 Å². The highest BCUT2D eigenvalue weighted by Gasteiger charge is 2.49. The van der Waals surface area contributed by atoms with E-state index in [9.17, 15) is 18.0 Å². The topological polar surface area (TPSA) is 85.3 Å². The maximum Gasteiger partial charge on any atom is 0.408 e. The van der Waals surface area contributed by atoms with E-state index in [1.165, 1.54) is 17.1 Å². The predicted octanol–water partition coefficient (Wildman–Crippen LogP) is 3.92. The van der Waals surface area contributed by atoms with Crippen LogP contribution in [0.3, 0.4) is 0 Å². The van der Waals surface area contributed by atoms with Gasteiger partial charge in [-0.3, -0.25) is 4.79 Å². The molecule has 0 aliphatic heterocycles. The second-order valence-corrected chi connectivity index (χ2v) is 7.44. The van der Waals surface area contributed by atoms with Crippen molar-refractivity contribution < 1.29 is 22.4 Å². The Balaban J connectivity index is 1.54. The Hall–Kier alpha value is -3.43. The Kier molecular flexibility index (Phi) is 4.05. The second-order valence-electron chi connectivity index (χ2n) is 7.44. The molecule has 30 heavy (non-hydrogen) atoms. The number of halogens is 3. The van der Waals surface area contributed by atoms with Gasteiger partial charge < -0.3 is 9.73 Å². The first kappa shape index (κ1) is 18.6. The third-order valence-electron chi connectivity index (χ3n) is 5.25. The fourth-order valence-corrected chi connectivity index (χ4v) is 3.55. The molecular weight excluding hydrogens is 399 g/mol. The quantitative estimate of drug-likeness (QED) is 0.546. The van der Waals surface area contributed by atoms with Gasteiger partial charge in [0, 0.05) is 11.3 Å². The van der Waals surface area contributed by atoms with E-state index in [0.29, 0.717) is 35.3 Å². The van der Waals surface area contributed by atoms with E-state index in [2.05, 4.69) is 20.4 Å². The Morgan fingerprint density at radius 2 is 2.10 bits per heavy atom. The number of hydrogen-bond donors (Lipinski definition) is 1. The minimum Gasteiger partial charge on any atom is -0.443 e. The third kappa shape index (κ3) is 3.17. The molecule has 0 radical (unpaired) electrons. The number of oxazole rings is 1. The Morgan fingerprint density at radius 1 is 1.30 bits per heavy atom. The molecule has 1 saturated carbocycles. The van der Waals surface area contributed by atoms with Gasteiger partial charge in [0.2, 0.25) is 0 Å². The number of rotatable bonds is 4. The smallest absolute Gasteiger partial charge is 0.408 e. The van der Waals surface area contributed by atoms with E-state index in [-0.39, 0.29) is 11.2 Å². The van der Waals surface area contributed by atoms with E-state index < -0.39 is 24.0 Å². The number of aryl methyl sites for hydroxylation is 1. The number of benzene rings is 1. The van der Waals surface area contributed by atoms with E-state index in [1.54, 1.807) is 31.2 Å². The molecular formula is C20H16F3N5O2. The number of nitrogens with zero attached hydrogens (tertiary/aromatic N) is 4. The molecule has 1 atom stereocenters. The molecule has 0 unspecified atom stereocenters. The van der Waals surface area contributed by atoms with Crippen LogP contribution in [0.25, 0.3) is 28.0 Å². The molecule has 1 N–H and O–H groups in total. The van der Waals surface area contributed by atoms with Crippen LogP contribution in [0.2, 0.25) is 0 Å². The molecule has 0 bridgehead atoms. The largest absolute Gasteiger partial charge is 0.443 e. The lowest BCUT2D eigenvalue weighted by molar-refractivity contribution is -0.158. The van der Waals surface area contributed by atoms with Crippen molar-refractivity contribution in [3.8, 4) is 11.3 Å². The van der Waals surface area contributed by atoms with Crippen molar-refractivity contribution in [3.05, 3.63) is 48.1 Å². The number of carbonyl (C=O) groups excluding carboxylic acids is 1. The molecule has 3 aromatic heterocycles. The molecule has 1 fully saturated rings. The molecule has 3 heterocycles. The molecule has 0 saturated heterocycles. The maximum atomic E-state index is 13.3. The number of amides is 1. The van der Waals surface area contributed by atoms with Crippen molar-refractivity contribution >= 4 is 22.7 Å². The summed E-state index contributed by atoms with van der Waals surface area (Å²) in [4.78, 5) is 21.3. The third-order valence-corrected chi connectivity index (χ3v) is 5.25. The zero-order valence-electron chi connectivity index (χ0n) is 15.8. The zero-order valence-corrected chi connectivity index (χ0v) is 15.8. The average Bonchev–Trinajstić information content (AvgIpc) is 3.24. The van der Waals surface area contributed by atoms with Gasteiger partial charge in [-0.15, -0.1) is 0 Å². The molecule has 5 rings (SSSR count). The average molecular weight is 415 g/mol. The summed E-state index contributed by atoms with van der Waals surface area (Å²) >= 11 is 0. The summed E-state index contributed by atoms with van der Waals surface area (Å²) in [5, 5.41) is 6.26. The fourth-order valence-electron chi connectivity index (χ4n) is 3.55. The number of aromatic nitrogens is 4. The second kappa shape index (κ2) is 6.54. The van der Waals surface area contributed by atoms with Crippen LogP contribution in [-0.4, -0.2) is 37.7 Å². The predicted molar refractivity (Wildman–Crippen MR) is 101 cm³/mol. The van der Waals surface area contributed by atoms with Crippen molar-refractivity contribution in [3.63, 3.8) is 0 Å². The Labute approximate surface area is 167 Å². The van der Waals surface area contributed by atoms with Gasteiger partial charge in [0.05, 0.1) is 11.9 Å². The van der Waals surface area contributed by atoms with E-state index in [4.69, 9.17) is 4.42 Å². The van der Waals surface area contributed by atoms with Crippen LogP contribution in [0.1, 0.15) is 28.9 Å². The summed E-state index contributed by atoms with van der Waals surface area (Å²) in [6.45, 7) is 1.78. The van der Waals surface area contributed by atoms with Crippen molar-refractivity contribution in [2.24, 2.45) is 5.92 Å². The normalized spacial score (nSPS) is 15.6. The first-order valence-corrected chi connectivity index (χ1v) is 9.38. The monoisotopic (exact) mass is 415 g/mol. The van der Waals surface area contributed by atoms with E-state index in [0.717, 1.165) is 5.56 Å². The van der Waals surface area contributed by atoms with Gasteiger partial charge in [-0.25, -0.2) is 14.5 Å². The van der Waals surface area contributed by atoms with Crippen LogP contribution in [-0.2, 0) is 0 Å². The molecule has 1 aromatic carbocycles. The minimum atomic E-state index is -4.50. The number of carbonyl (C=O) groups is 1. The van der Waals surface area contributed by atoms with Gasteiger partial charge in [0.15, 0.2) is 17.6 Å². The SMILES string of the molecule is Cc1cc(-c2ccc3ocnc3c2)nc2c(C(=O)N[C@H](C3CC3)C(F)(F)F)cnn12. The van der Waals surface area contributed by atoms with Crippen LogP contribution in [0, 0.1) is 12.8 Å². The molecule has 10 heteroatoms. The number of fused-ring (bicyclic) bond motifs is 2. The maximum absolute atomic E-state index is 13.3. The summed E-state index contributed by atoms with van der Waals surface area (Å²) in [7, 11) is 0. The highest BCUT2D eigenvalue weighted by Crippen LogP contribution is 2.40. The standard InChI is InChI=1S/C20H16F3N5O2/c1-10-6-14(12-4-5-16-15(7-12)24-9-30-16)26-18-13(8-25-28(10)18)19(29)27-17(11-2-3-11)20(21,22)23/h4-9,11,17H,2-3H2,1H3,(H,27,29)/t17-/m1/s1. The Bertz CT molecular complexity index is 1270. The van der Waals surface area contributed by atoms with Crippen LogP contribution in [0.15, 0.2) is 41.3 Å². The molecule has 1 aliphatic carbocycles. The first-order chi connectivity index (χ1) is 14.3.